The fourth-order valence-electron chi connectivity index (χ4n) is 15.5. The van der Waals surface area contributed by atoms with E-state index in [1.807, 2.05) is 60.7 Å². The second-order valence-corrected chi connectivity index (χ2v) is 50.8. The lowest BCUT2D eigenvalue weighted by atomic mass is 9.88. The van der Waals surface area contributed by atoms with E-state index in [2.05, 4.69) is 123 Å². The van der Waals surface area contributed by atoms with E-state index < -0.39 is 38.6 Å². The van der Waals surface area contributed by atoms with Crippen molar-refractivity contribution in [1.82, 2.24) is 54.4 Å². The molecule has 8 aromatic carbocycles. The third kappa shape index (κ3) is 27.9. The van der Waals surface area contributed by atoms with Gasteiger partial charge < -0.3 is 89.9 Å². The second kappa shape index (κ2) is 46.5. The van der Waals surface area contributed by atoms with Crippen LogP contribution in [-0.4, -0.2) is 202 Å². The minimum Gasteiger partial charge on any atom is -0.495 e. The third-order valence-electron chi connectivity index (χ3n) is 22.8. The van der Waals surface area contributed by atoms with E-state index in [1.54, 1.807) is 146 Å². The monoisotopic (exact) mass is 2010 g/mol. The first-order chi connectivity index (χ1) is 64.3. The zero-order chi connectivity index (χ0) is 97.1. The van der Waals surface area contributed by atoms with Crippen LogP contribution in [0.3, 0.4) is 0 Å². The van der Waals surface area contributed by atoms with E-state index in [0.29, 0.717) is 119 Å². The maximum atomic E-state index is 12.8. The Morgan fingerprint density at radius 1 is 0.467 bits per heavy atom. The molecule has 3 aliphatic heterocycles. The molecule has 0 aliphatic carbocycles. The molecule has 0 bridgehead atoms. The number of hydrogen-bond donors (Lipinski definition) is 9. The molecule has 0 amide bonds. The van der Waals surface area contributed by atoms with Crippen LogP contribution in [0, 0.1) is 0 Å². The van der Waals surface area contributed by atoms with Gasteiger partial charge in [0.05, 0.1) is 92.5 Å². The van der Waals surface area contributed by atoms with Crippen molar-refractivity contribution in [3.63, 3.8) is 0 Å². The van der Waals surface area contributed by atoms with E-state index in [9.17, 15) is 36.6 Å². The number of para-hydroxylation sites is 4. The fraction of sp³-hybridized carbons (Fsp3) is 0.323. The number of aliphatic hydroxyl groups excluding tert-OH is 1. The normalized spacial score (nSPS) is 14.0. The number of aromatic nitrogens is 8. The van der Waals surface area contributed by atoms with Crippen LogP contribution in [0.1, 0.15) is 90.7 Å². The molecule has 714 valence electrons. The van der Waals surface area contributed by atoms with Gasteiger partial charge in [0.1, 0.15) is 76.6 Å². The van der Waals surface area contributed by atoms with Crippen molar-refractivity contribution in [1.29, 1.82) is 0 Å². The van der Waals surface area contributed by atoms with E-state index in [0.717, 1.165) is 87.9 Å². The number of ether oxygens (including phenoxy) is 3. The molecular weight excluding hydrogens is 1890 g/mol. The molecule has 39 heteroatoms. The van der Waals surface area contributed by atoms with Gasteiger partial charge >= 0.3 is 0 Å². The molecule has 0 spiro atoms. The number of carbonyl (C=O) groups is 1. The molecule has 9 N–H and O–H groups in total. The highest BCUT2D eigenvalue weighted by Crippen LogP contribution is 2.45. The van der Waals surface area contributed by atoms with Crippen LogP contribution >= 0.6 is 75.0 Å². The molecule has 3 fully saturated rings. The minimum absolute atomic E-state index is 0.0253. The van der Waals surface area contributed by atoms with Crippen molar-refractivity contribution in [2.75, 3.05) is 170 Å². The summed E-state index contributed by atoms with van der Waals surface area (Å²) in [5.41, 5.74) is 9.18. The lowest BCUT2D eigenvalue weighted by Crippen LogP contribution is -2.46. The molecule has 0 radical (unpaired) electrons. The topological polar surface area (TPSA) is 376 Å². The predicted molar refractivity (Wildman–Crippen MR) is 554 cm³/mol. The second-order valence-electron chi connectivity index (χ2n) is 34.2. The maximum Gasteiger partial charge on any atom is 0.244 e. The molecule has 135 heavy (non-hydrogen) atoms. The van der Waals surface area contributed by atoms with Crippen molar-refractivity contribution in [2.24, 2.45) is 0 Å². The van der Waals surface area contributed by atoms with Crippen LogP contribution in [0.15, 0.2) is 200 Å². The van der Waals surface area contributed by atoms with Gasteiger partial charge in [0.25, 0.3) is 0 Å². The Morgan fingerprint density at radius 3 is 1.35 bits per heavy atom. The van der Waals surface area contributed by atoms with E-state index in [4.69, 9.17) is 60.6 Å². The number of aliphatic hydroxyl groups is 1. The molecular formula is C96H115Cl4N19O11P4S. The number of halogens is 4. The molecule has 0 unspecified atom stereocenters. The van der Waals surface area contributed by atoms with Crippen LogP contribution in [0.5, 0.6) is 17.2 Å². The van der Waals surface area contributed by atoms with Gasteiger partial charge in [-0.3, -0.25) is 4.79 Å². The van der Waals surface area contributed by atoms with Gasteiger partial charge in [0, 0.05) is 78.2 Å². The summed E-state index contributed by atoms with van der Waals surface area (Å²) in [5.74, 6) is 5.12. The summed E-state index contributed by atoms with van der Waals surface area (Å²) in [7, 11) is -5.92. The van der Waals surface area contributed by atoms with Crippen LogP contribution < -0.4 is 82.9 Å². The number of sulfonamides is 1. The van der Waals surface area contributed by atoms with Gasteiger partial charge in [-0.1, -0.05) is 120 Å². The first kappa shape index (κ1) is 103. The smallest absolute Gasteiger partial charge is 0.244 e. The third-order valence-corrected chi connectivity index (χ3v) is 31.9. The highest BCUT2D eigenvalue weighted by Gasteiger charge is 2.30. The molecule has 3 aliphatic rings. The largest absolute Gasteiger partial charge is 0.495 e. The number of hydrogen-bond acceptors (Lipinski definition) is 29. The van der Waals surface area contributed by atoms with Gasteiger partial charge in [-0.15, -0.1) is 0 Å². The summed E-state index contributed by atoms with van der Waals surface area (Å²) in [5, 5.41) is 39.6. The molecule has 30 nitrogen and oxygen atoms in total. The number of piperidine rings is 3. The van der Waals surface area contributed by atoms with E-state index in [-0.39, 0.29) is 40.0 Å². The number of nitrogens with zero attached hydrogens (tertiary/aromatic N) is 11. The van der Waals surface area contributed by atoms with Gasteiger partial charge in [-0.05, 0) is 245 Å². The number of nitrogens with one attached hydrogen (secondary N) is 8. The van der Waals surface area contributed by atoms with Crippen molar-refractivity contribution >= 4 is 199 Å². The zero-order valence-electron chi connectivity index (χ0n) is 77.9. The van der Waals surface area contributed by atoms with Gasteiger partial charge in [-0.25, -0.2) is 37.6 Å². The Kier molecular flexibility index (Phi) is 35.6. The Balaban J connectivity index is 0.000000163. The number of Topliss-reactive ketones (excluding diaryl/α,β-unsaturated/α-hetero) is 1. The number of benzene rings is 8. The highest BCUT2D eigenvalue weighted by molar-refractivity contribution is 7.89. The van der Waals surface area contributed by atoms with Crippen LogP contribution in [0.4, 0.5) is 86.6 Å². The molecule has 12 aromatic rings. The number of carbonyl (C=O) groups excluding carboxylic acids is 1. The Bertz CT molecular complexity index is 6530. The van der Waals surface area contributed by atoms with E-state index in [1.165, 1.54) is 104 Å². The van der Waals surface area contributed by atoms with Crippen molar-refractivity contribution in [3.05, 3.63) is 243 Å². The summed E-state index contributed by atoms with van der Waals surface area (Å²) in [6.07, 6.45) is 15.2. The Hall–Kier alpha value is -10.6. The first-order valence-corrected chi connectivity index (χ1v) is 57.1. The summed E-state index contributed by atoms with van der Waals surface area (Å²) in [6.45, 7) is 21.9. The lowest BCUT2D eigenvalue weighted by molar-refractivity contribution is 0.101. The maximum absolute atomic E-state index is 12.8. The minimum atomic E-state index is -3.70. The molecule has 3 saturated heterocycles. The lowest BCUT2D eigenvalue weighted by Gasteiger charge is -2.41. The Morgan fingerprint density at radius 2 is 0.889 bits per heavy atom. The number of likely N-dealkylation sites (tertiary alicyclic amines) is 1. The quantitative estimate of drug-likeness (QED) is 0.0149. The van der Waals surface area contributed by atoms with Crippen molar-refractivity contribution in [3.8, 4) is 17.2 Å². The van der Waals surface area contributed by atoms with Gasteiger partial charge in [-0.2, -0.15) is 15.0 Å². The first-order valence-electron chi connectivity index (χ1n) is 43.7. The summed E-state index contributed by atoms with van der Waals surface area (Å²) in [4.78, 5) is 52.3. The van der Waals surface area contributed by atoms with Crippen LogP contribution in [0.2, 0.25) is 20.1 Å². The molecule has 0 atom stereocenters. The van der Waals surface area contributed by atoms with Crippen molar-refractivity contribution in [2.45, 2.75) is 81.8 Å². The average Bonchev–Trinajstić information content (AvgIpc) is 0.801. The Labute approximate surface area is 810 Å². The van der Waals surface area contributed by atoms with Gasteiger partial charge in [0.15, 0.2) is 29.1 Å². The number of rotatable bonds is 30. The summed E-state index contributed by atoms with van der Waals surface area (Å²) < 4.78 is 93.3. The standard InChI is InChI=1S/C29H38ClN6O2P.C25H30ClN4O2P.C21H25ClN5O4PS.C21H22ClN4O3P/c1-38-26-19-22(36-17-13-21(14-18-36)35-15-7-4-8-16-35)11-12-24(26)33-29-31-20-23(30)28(34-29)32-25-9-5-6-10-27(25)39(2,3)37;1-33(2,32)23-6-4-3-5-22(23)29-25-21(26)15-28-24(30-25)14-19-8-7-18(13-20(19)16-31)17-9-11-27-12-10-17;1-27(2)33(29,30)19-9-7-6-8-17(19)24-20-15(22)13-23-21(26-20)25-16-11-10-14(32(4,5)28)12-18(16)31-3;1-13(27)15-7-5-6-8-17(15)24-20-16(22)12-23-21(26-20)25-18-10-9-14(30(3,4)28)11-19(18)29-2/h5-6,9-12,19-21H,4,7-8,13-18H2,1-3H3,(H2,31,32,33,34);3-8,13,15,17,27,31H,9-12,14,16H2,1-2H3,(H,28,29,30);6-13H,1-5H3,(H2,23,24,25,26);5-12H,1-4H3,(H2,23,24,25,26). The van der Waals surface area contributed by atoms with Crippen LogP contribution in [0.25, 0.3) is 0 Å². The van der Waals surface area contributed by atoms with Crippen molar-refractivity contribution < 1.29 is 50.8 Å². The van der Waals surface area contributed by atoms with Crippen LogP contribution in [-0.2, 0) is 41.3 Å². The fourth-order valence-corrected chi connectivity index (χ4v) is 21.1. The average molecular weight is 2010 g/mol. The van der Waals surface area contributed by atoms with E-state index >= 15 is 0 Å². The van der Waals surface area contributed by atoms with Gasteiger partial charge in [0.2, 0.25) is 27.9 Å². The summed E-state index contributed by atoms with van der Waals surface area (Å²) in [6, 6.07) is 52.3. The molecule has 7 heterocycles. The molecule has 0 saturated carbocycles. The number of anilines is 15. The highest BCUT2D eigenvalue weighted by atomic mass is 35.5. The molecule has 4 aromatic heterocycles. The SMILES string of the molecule is COc1cc(N2CCC(N3CCCCC3)CC2)ccc1Nc1ncc(Cl)c(Nc2ccccc2P(C)(C)=O)n1.COc1cc(P(C)(C)=O)ccc1Nc1ncc(Cl)c(Nc2ccccc2C(C)=O)n1.COc1cc(P(C)(C)=O)ccc1Nc1ncc(Cl)c(Nc2ccccc2S(=O)(=O)N(C)C)n1.CP(C)(=O)c1ccccc1Nc1nc(Cc2ccc(C3CCNCC3)cc2CO)ncc1Cl. The predicted octanol–water partition coefficient (Wildman–Crippen LogP) is 20.2. The number of ketones is 1. The molecule has 15 rings (SSSR count). The number of methoxy groups -OCH3 is 3. The summed E-state index contributed by atoms with van der Waals surface area (Å²) >= 11 is 25.3. The zero-order valence-corrected chi connectivity index (χ0v) is 85.3.